The minimum atomic E-state index is -0.456. The molecule has 0 bridgehead atoms. The number of ether oxygens (including phenoxy) is 1. The van der Waals surface area contributed by atoms with Gasteiger partial charge in [0.15, 0.2) is 0 Å². The normalized spacial score (nSPS) is 10.8. The average Bonchev–Trinajstić information content (AvgIpc) is 2.71. The number of benzene rings is 3. The van der Waals surface area contributed by atoms with Gasteiger partial charge in [-0.3, -0.25) is 10.1 Å². The molecule has 0 spiro atoms. The van der Waals surface area contributed by atoms with Gasteiger partial charge in [0.1, 0.15) is 24.8 Å². The van der Waals surface area contributed by atoms with Gasteiger partial charge in [0.25, 0.3) is 5.69 Å². The maximum atomic E-state index is 13.2. The maximum absolute atomic E-state index is 13.2. The van der Waals surface area contributed by atoms with Crippen LogP contribution in [-0.4, -0.2) is 11.1 Å². The van der Waals surface area contributed by atoms with Gasteiger partial charge in [0, 0.05) is 12.1 Å². The van der Waals surface area contributed by atoms with E-state index in [4.69, 9.17) is 9.57 Å². The van der Waals surface area contributed by atoms with Crippen LogP contribution in [0.15, 0.2) is 76.4 Å². The SMILES string of the molecule is O=[N+]([O-])c1cccc(CO/N=C\c2ccc(OCc3cccc(F)c3)c(Br)c2)c1. The second-order valence-electron chi connectivity index (χ2n) is 6.04. The summed E-state index contributed by atoms with van der Waals surface area (Å²) in [6, 6.07) is 17.8. The molecular formula is C21H16BrFN2O4. The topological polar surface area (TPSA) is 74.0 Å². The van der Waals surface area contributed by atoms with Gasteiger partial charge < -0.3 is 9.57 Å². The highest BCUT2D eigenvalue weighted by Gasteiger charge is 2.06. The first kappa shape index (κ1) is 20.5. The number of nitro benzene ring substituents is 1. The van der Waals surface area contributed by atoms with Crippen LogP contribution in [0.4, 0.5) is 10.1 Å². The Hall–Kier alpha value is -3.26. The first-order valence-electron chi connectivity index (χ1n) is 8.57. The maximum Gasteiger partial charge on any atom is 0.269 e. The van der Waals surface area contributed by atoms with Crippen molar-refractivity contribution >= 4 is 27.8 Å². The van der Waals surface area contributed by atoms with Crippen LogP contribution < -0.4 is 4.74 Å². The summed E-state index contributed by atoms with van der Waals surface area (Å²) in [5.41, 5.74) is 2.16. The van der Waals surface area contributed by atoms with Crippen molar-refractivity contribution in [1.82, 2.24) is 0 Å². The van der Waals surface area contributed by atoms with Crippen LogP contribution >= 0.6 is 15.9 Å². The largest absolute Gasteiger partial charge is 0.488 e. The molecule has 29 heavy (non-hydrogen) atoms. The summed E-state index contributed by atoms with van der Waals surface area (Å²) >= 11 is 3.44. The van der Waals surface area contributed by atoms with Crippen molar-refractivity contribution in [2.75, 3.05) is 0 Å². The monoisotopic (exact) mass is 458 g/mol. The quantitative estimate of drug-likeness (QED) is 0.249. The Labute approximate surface area is 174 Å². The van der Waals surface area contributed by atoms with E-state index in [1.807, 2.05) is 0 Å². The highest BCUT2D eigenvalue weighted by molar-refractivity contribution is 9.10. The van der Waals surface area contributed by atoms with Crippen molar-refractivity contribution in [3.63, 3.8) is 0 Å². The first-order chi connectivity index (χ1) is 14.0. The molecule has 0 amide bonds. The van der Waals surface area contributed by atoms with Crippen molar-refractivity contribution in [2.24, 2.45) is 5.16 Å². The standard InChI is InChI=1S/C21H16BrFN2O4/c22-20-11-15(7-8-21(20)28-13-16-3-1-5-18(23)9-16)12-24-29-14-17-4-2-6-19(10-17)25(26)27/h1-12H,13-14H2/b24-12-. The Kier molecular flexibility index (Phi) is 6.91. The number of nitrogens with zero attached hydrogens (tertiary/aromatic N) is 2. The molecule has 6 nitrogen and oxygen atoms in total. The summed E-state index contributed by atoms with van der Waals surface area (Å²) < 4.78 is 19.6. The minimum Gasteiger partial charge on any atom is -0.488 e. The lowest BCUT2D eigenvalue weighted by molar-refractivity contribution is -0.384. The van der Waals surface area contributed by atoms with Crippen LogP contribution in [0, 0.1) is 15.9 Å². The summed E-state index contributed by atoms with van der Waals surface area (Å²) in [5, 5.41) is 14.7. The third-order valence-corrected chi connectivity index (χ3v) is 4.49. The Morgan fingerprint density at radius 2 is 1.79 bits per heavy atom. The van der Waals surface area contributed by atoms with Gasteiger partial charge in [-0.05, 0) is 63.0 Å². The molecule has 0 aliphatic heterocycles. The molecular weight excluding hydrogens is 443 g/mol. The van der Waals surface area contributed by atoms with Gasteiger partial charge in [-0.25, -0.2) is 4.39 Å². The molecule has 0 saturated heterocycles. The van der Waals surface area contributed by atoms with E-state index < -0.39 is 4.92 Å². The van der Waals surface area contributed by atoms with Crippen LogP contribution in [0.1, 0.15) is 16.7 Å². The fraction of sp³-hybridized carbons (Fsp3) is 0.0952. The molecule has 0 fully saturated rings. The Morgan fingerprint density at radius 1 is 1.03 bits per heavy atom. The zero-order valence-electron chi connectivity index (χ0n) is 15.1. The molecule has 3 aromatic carbocycles. The predicted octanol–water partition coefficient (Wildman–Crippen LogP) is 5.63. The lowest BCUT2D eigenvalue weighted by Crippen LogP contribution is -1.97. The highest BCUT2D eigenvalue weighted by Crippen LogP contribution is 2.26. The summed E-state index contributed by atoms with van der Waals surface area (Å²) in [6.45, 7) is 0.365. The molecule has 0 unspecified atom stereocenters. The predicted molar refractivity (Wildman–Crippen MR) is 110 cm³/mol. The van der Waals surface area contributed by atoms with Gasteiger partial charge in [-0.15, -0.1) is 0 Å². The molecule has 0 heterocycles. The average molecular weight is 459 g/mol. The smallest absolute Gasteiger partial charge is 0.269 e. The summed E-state index contributed by atoms with van der Waals surface area (Å²) in [7, 11) is 0. The van der Waals surface area contributed by atoms with Crippen LogP contribution in [0.5, 0.6) is 5.75 Å². The fourth-order valence-electron chi connectivity index (χ4n) is 2.47. The Morgan fingerprint density at radius 3 is 2.52 bits per heavy atom. The van der Waals surface area contributed by atoms with Crippen LogP contribution in [0.3, 0.4) is 0 Å². The lowest BCUT2D eigenvalue weighted by Gasteiger charge is -2.09. The molecule has 3 aromatic rings. The van der Waals surface area contributed by atoms with Crippen LogP contribution in [-0.2, 0) is 18.1 Å². The van der Waals surface area contributed by atoms with E-state index in [1.54, 1.807) is 42.5 Å². The molecule has 148 valence electrons. The molecule has 3 rings (SSSR count). The number of nitro groups is 1. The van der Waals surface area contributed by atoms with Gasteiger partial charge in [-0.2, -0.15) is 0 Å². The van der Waals surface area contributed by atoms with Crippen molar-refractivity contribution in [3.05, 3.63) is 104 Å². The third-order valence-electron chi connectivity index (χ3n) is 3.87. The minimum absolute atomic E-state index is 0.00726. The van der Waals surface area contributed by atoms with E-state index in [-0.39, 0.29) is 24.7 Å². The van der Waals surface area contributed by atoms with E-state index >= 15 is 0 Å². The van der Waals surface area contributed by atoms with E-state index in [9.17, 15) is 14.5 Å². The fourth-order valence-corrected chi connectivity index (χ4v) is 2.98. The van der Waals surface area contributed by atoms with E-state index in [0.29, 0.717) is 11.3 Å². The molecule has 0 N–H and O–H groups in total. The number of hydrogen-bond donors (Lipinski definition) is 0. The van der Waals surface area contributed by atoms with Crippen LogP contribution in [0.2, 0.25) is 0 Å². The number of hydrogen-bond acceptors (Lipinski definition) is 5. The van der Waals surface area contributed by atoms with Crippen molar-refractivity contribution in [2.45, 2.75) is 13.2 Å². The van der Waals surface area contributed by atoms with E-state index in [2.05, 4.69) is 21.1 Å². The molecule has 0 aromatic heterocycles. The van der Waals surface area contributed by atoms with Gasteiger partial charge in [0.2, 0.25) is 0 Å². The van der Waals surface area contributed by atoms with Gasteiger partial charge in [-0.1, -0.05) is 29.4 Å². The van der Waals surface area contributed by atoms with E-state index in [0.717, 1.165) is 15.6 Å². The molecule has 0 saturated carbocycles. The molecule has 0 aliphatic rings. The number of oxime groups is 1. The molecule has 0 atom stereocenters. The van der Waals surface area contributed by atoms with Gasteiger partial charge >= 0.3 is 0 Å². The zero-order valence-corrected chi connectivity index (χ0v) is 16.7. The Balaban J connectivity index is 1.54. The number of non-ortho nitro benzene ring substituents is 1. The lowest BCUT2D eigenvalue weighted by atomic mass is 10.2. The number of halogens is 2. The number of rotatable bonds is 8. The Bertz CT molecular complexity index is 1040. The summed E-state index contributed by atoms with van der Waals surface area (Å²) in [4.78, 5) is 15.5. The highest BCUT2D eigenvalue weighted by atomic mass is 79.9. The van der Waals surface area contributed by atoms with Crippen LogP contribution in [0.25, 0.3) is 0 Å². The third kappa shape index (κ3) is 6.11. The van der Waals surface area contributed by atoms with Gasteiger partial charge in [0.05, 0.1) is 15.6 Å². The second kappa shape index (κ2) is 9.79. The first-order valence-corrected chi connectivity index (χ1v) is 9.36. The van der Waals surface area contributed by atoms with Crippen molar-refractivity contribution in [1.29, 1.82) is 0 Å². The van der Waals surface area contributed by atoms with Crippen molar-refractivity contribution < 1.29 is 18.9 Å². The molecule has 8 heteroatoms. The van der Waals surface area contributed by atoms with Crippen molar-refractivity contribution in [3.8, 4) is 5.75 Å². The second-order valence-corrected chi connectivity index (χ2v) is 6.90. The summed E-state index contributed by atoms with van der Waals surface area (Å²) in [5.74, 6) is 0.311. The summed E-state index contributed by atoms with van der Waals surface area (Å²) in [6.07, 6.45) is 1.53. The van der Waals surface area contributed by atoms with E-state index in [1.165, 1.54) is 30.5 Å². The zero-order chi connectivity index (χ0) is 20.6. The molecule has 0 aliphatic carbocycles. The molecule has 0 radical (unpaired) electrons.